The van der Waals surface area contributed by atoms with Gasteiger partial charge in [0.1, 0.15) is 0 Å². The second-order valence-electron chi connectivity index (χ2n) is 5.75. The molecule has 0 spiro atoms. The summed E-state index contributed by atoms with van der Waals surface area (Å²) in [5.41, 5.74) is 0. The summed E-state index contributed by atoms with van der Waals surface area (Å²) in [6.45, 7) is 11.0. The van der Waals surface area contributed by atoms with E-state index in [0.717, 1.165) is 19.4 Å². The lowest BCUT2D eigenvalue weighted by Gasteiger charge is -2.45. The summed E-state index contributed by atoms with van der Waals surface area (Å²) in [7, 11) is 1.70. The topological polar surface area (TPSA) is 39.7 Å². The lowest BCUT2D eigenvalue weighted by atomic mass is 9.84. The molecule has 0 bridgehead atoms. The SMILES string of the molecule is CCCNC1CC(OC(C)C(C)C)C1OCCOC. The van der Waals surface area contributed by atoms with E-state index in [4.69, 9.17) is 14.2 Å². The Labute approximate surface area is 118 Å². The van der Waals surface area contributed by atoms with Crippen molar-refractivity contribution in [2.75, 3.05) is 26.9 Å². The summed E-state index contributed by atoms with van der Waals surface area (Å²) in [6, 6.07) is 0.432. The summed E-state index contributed by atoms with van der Waals surface area (Å²) in [4.78, 5) is 0. The van der Waals surface area contributed by atoms with Crippen molar-refractivity contribution < 1.29 is 14.2 Å². The van der Waals surface area contributed by atoms with Gasteiger partial charge in [-0.1, -0.05) is 20.8 Å². The van der Waals surface area contributed by atoms with E-state index in [1.807, 2.05) is 0 Å². The molecule has 0 saturated heterocycles. The molecule has 1 aliphatic carbocycles. The molecule has 1 saturated carbocycles. The summed E-state index contributed by atoms with van der Waals surface area (Å²) in [6.07, 6.45) is 2.88. The molecule has 114 valence electrons. The third-order valence-electron chi connectivity index (χ3n) is 3.83. The standard InChI is InChI=1S/C15H31NO3/c1-6-7-16-13-10-14(19-12(4)11(2)3)15(13)18-9-8-17-5/h11-16H,6-10H2,1-5H3. The second kappa shape index (κ2) is 8.90. The second-order valence-corrected chi connectivity index (χ2v) is 5.75. The molecule has 4 unspecified atom stereocenters. The summed E-state index contributed by atoms with van der Waals surface area (Å²) in [5.74, 6) is 0.544. The molecule has 0 radical (unpaired) electrons. The van der Waals surface area contributed by atoms with Crippen molar-refractivity contribution in [3.63, 3.8) is 0 Å². The van der Waals surface area contributed by atoms with Crippen LogP contribution < -0.4 is 5.32 Å². The van der Waals surface area contributed by atoms with Gasteiger partial charge in [-0.3, -0.25) is 0 Å². The first-order valence-corrected chi connectivity index (χ1v) is 7.59. The maximum Gasteiger partial charge on any atom is 0.0991 e. The van der Waals surface area contributed by atoms with Gasteiger partial charge in [0.05, 0.1) is 31.5 Å². The molecule has 0 heterocycles. The summed E-state index contributed by atoms with van der Waals surface area (Å²) in [5, 5.41) is 3.53. The number of hydrogen-bond donors (Lipinski definition) is 1. The minimum atomic E-state index is 0.169. The molecule has 19 heavy (non-hydrogen) atoms. The van der Waals surface area contributed by atoms with Crippen LogP contribution >= 0.6 is 0 Å². The molecular weight excluding hydrogens is 242 g/mol. The lowest BCUT2D eigenvalue weighted by molar-refractivity contribution is -0.174. The number of rotatable bonds is 10. The number of hydrogen-bond acceptors (Lipinski definition) is 4. The van der Waals surface area contributed by atoms with Crippen molar-refractivity contribution in [1.82, 2.24) is 5.32 Å². The van der Waals surface area contributed by atoms with E-state index in [1.54, 1.807) is 7.11 Å². The van der Waals surface area contributed by atoms with Crippen LogP contribution in [0.4, 0.5) is 0 Å². The van der Waals surface area contributed by atoms with E-state index in [9.17, 15) is 0 Å². The minimum absolute atomic E-state index is 0.169. The van der Waals surface area contributed by atoms with Crippen LogP contribution in [0.3, 0.4) is 0 Å². The van der Waals surface area contributed by atoms with Gasteiger partial charge in [0.15, 0.2) is 0 Å². The van der Waals surface area contributed by atoms with Crippen LogP contribution in [0.25, 0.3) is 0 Å². The molecule has 0 amide bonds. The van der Waals surface area contributed by atoms with Gasteiger partial charge in [-0.2, -0.15) is 0 Å². The highest BCUT2D eigenvalue weighted by atomic mass is 16.6. The van der Waals surface area contributed by atoms with Gasteiger partial charge < -0.3 is 19.5 Å². The van der Waals surface area contributed by atoms with Crippen LogP contribution in [0, 0.1) is 5.92 Å². The Balaban J connectivity index is 2.38. The van der Waals surface area contributed by atoms with Crippen LogP contribution in [0.2, 0.25) is 0 Å². The zero-order valence-electron chi connectivity index (χ0n) is 13.1. The molecule has 0 aromatic carbocycles. The normalized spacial score (nSPS) is 28.4. The third-order valence-corrected chi connectivity index (χ3v) is 3.83. The zero-order chi connectivity index (χ0) is 14.3. The molecule has 4 atom stereocenters. The van der Waals surface area contributed by atoms with Gasteiger partial charge in [-0.05, 0) is 32.2 Å². The molecule has 1 N–H and O–H groups in total. The van der Waals surface area contributed by atoms with Gasteiger partial charge in [0.25, 0.3) is 0 Å². The Kier molecular flexibility index (Phi) is 7.91. The van der Waals surface area contributed by atoms with E-state index in [1.165, 1.54) is 0 Å². The van der Waals surface area contributed by atoms with Gasteiger partial charge >= 0.3 is 0 Å². The highest BCUT2D eigenvalue weighted by Crippen LogP contribution is 2.29. The van der Waals surface area contributed by atoms with E-state index in [-0.39, 0.29) is 18.3 Å². The first-order chi connectivity index (χ1) is 9.10. The minimum Gasteiger partial charge on any atom is -0.382 e. The fourth-order valence-corrected chi connectivity index (χ4v) is 2.17. The molecule has 0 aromatic heterocycles. The fraction of sp³-hybridized carbons (Fsp3) is 1.00. The van der Waals surface area contributed by atoms with Gasteiger partial charge in [0.2, 0.25) is 0 Å². The van der Waals surface area contributed by atoms with Crippen LogP contribution in [0.1, 0.15) is 40.5 Å². The average molecular weight is 273 g/mol. The van der Waals surface area contributed by atoms with Crippen molar-refractivity contribution in [2.45, 2.75) is 64.9 Å². The third kappa shape index (κ3) is 5.38. The molecule has 1 aliphatic rings. The maximum atomic E-state index is 6.10. The van der Waals surface area contributed by atoms with E-state index in [2.05, 4.69) is 33.0 Å². The average Bonchev–Trinajstić information content (AvgIpc) is 2.37. The molecule has 4 heteroatoms. The summed E-state index contributed by atoms with van der Waals surface area (Å²) >= 11 is 0. The molecular formula is C15H31NO3. The van der Waals surface area contributed by atoms with Gasteiger partial charge in [-0.25, -0.2) is 0 Å². The molecule has 1 rings (SSSR count). The van der Waals surface area contributed by atoms with Crippen molar-refractivity contribution in [3.8, 4) is 0 Å². The number of ether oxygens (including phenoxy) is 3. The van der Waals surface area contributed by atoms with E-state index in [0.29, 0.717) is 25.2 Å². The van der Waals surface area contributed by atoms with Crippen LogP contribution in [0.15, 0.2) is 0 Å². The van der Waals surface area contributed by atoms with Crippen molar-refractivity contribution in [3.05, 3.63) is 0 Å². The Bertz CT molecular complexity index is 235. The zero-order valence-corrected chi connectivity index (χ0v) is 13.1. The highest BCUT2D eigenvalue weighted by molar-refractivity contribution is 4.97. The Morgan fingerprint density at radius 1 is 1.21 bits per heavy atom. The van der Waals surface area contributed by atoms with Crippen molar-refractivity contribution >= 4 is 0 Å². The first-order valence-electron chi connectivity index (χ1n) is 7.59. The van der Waals surface area contributed by atoms with Crippen LogP contribution in [-0.2, 0) is 14.2 Å². The quantitative estimate of drug-likeness (QED) is 0.620. The van der Waals surface area contributed by atoms with Crippen LogP contribution in [-0.4, -0.2) is 51.2 Å². The predicted octanol–water partition coefficient (Wildman–Crippen LogP) is 2.22. The Morgan fingerprint density at radius 2 is 1.95 bits per heavy atom. The Morgan fingerprint density at radius 3 is 2.53 bits per heavy atom. The molecule has 0 aromatic rings. The number of methoxy groups -OCH3 is 1. The molecule has 1 fully saturated rings. The van der Waals surface area contributed by atoms with Gasteiger partial charge in [0, 0.05) is 13.2 Å². The van der Waals surface area contributed by atoms with E-state index >= 15 is 0 Å². The van der Waals surface area contributed by atoms with Crippen LogP contribution in [0.5, 0.6) is 0 Å². The molecule has 4 nitrogen and oxygen atoms in total. The van der Waals surface area contributed by atoms with Gasteiger partial charge in [-0.15, -0.1) is 0 Å². The van der Waals surface area contributed by atoms with E-state index < -0.39 is 0 Å². The first kappa shape index (κ1) is 16.9. The predicted molar refractivity (Wildman–Crippen MR) is 77.5 cm³/mol. The molecule has 0 aliphatic heterocycles. The monoisotopic (exact) mass is 273 g/mol. The van der Waals surface area contributed by atoms with Crippen molar-refractivity contribution in [2.24, 2.45) is 5.92 Å². The largest absolute Gasteiger partial charge is 0.382 e. The number of nitrogens with one attached hydrogen (secondary N) is 1. The fourth-order valence-electron chi connectivity index (χ4n) is 2.17. The smallest absolute Gasteiger partial charge is 0.0991 e. The summed E-state index contributed by atoms with van der Waals surface area (Å²) < 4.78 is 17.0. The van der Waals surface area contributed by atoms with Crippen molar-refractivity contribution in [1.29, 1.82) is 0 Å². The lowest BCUT2D eigenvalue weighted by Crippen LogP contribution is -2.61. The Hall–Kier alpha value is -0.160. The highest BCUT2D eigenvalue weighted by Gasteiger charge is 2.43. The maximum absolute atomic E-state index is 6.10.